The number of hydrogen-bond donors (Lipinski definition) is 1. The van der Waals surface area contributed by atoms with E-state index in [-0.39, 0.29) is 5.04 Å². The van der Waals surface area contributed by atoms with Crippen LogP contribution in [0.3, 0.4) is 0 Å². The van der Waals surface area contributed by atoms with Gasteiger partial charge in [0.05, 0.1) is 12.2 Å². The van der Waals surface area contributed by atoms with Crippen LogP contribution in [0.25, 0.3) is 0 Å². The first kappa shape index (κ1) is 15.9. The zero-order valence-electron chi connectivity index (χ0n) is 12.7. The summed E-state index contributed by atoms with van der Waals surface area (Å²) in [4.78, 5) is 11.0. The Morgan fingerprint density at radius 1 is 1.26 bits per heavy atom. The van der Waals surface area contributed by atoms with E-state index in [1.165, 1.54) is 0 Å². The van der Waals surface area contributed by atoms with Crippen molar-refractivity contribution < 1.29 is 14.3 Å². The molecule has 0 saturated heterocycles. The maximum absolute atomic E-state index is 11.0. The quantitative estimate of drug-likeness (QED) is 0.840. The number of carboxylic acids is 1. The lowest BCUT2D eigenvalue weighted by atomic mass is 10.1. The van der Waals surface area contributed by atoms with Gasteiger partial charge in [0.15, 0.2) is 8.32 Å². The molecule has 0 heterocycles. The molecule has 0 aliphatic carbocycles. The summed E-state index contributed by atoms with van der Waals surface area (Å²) in [5, 5.41) is 9.22. The minimum absolute atomic E-state index is 0.159. The maximum Gasteiger partial charge on any atom is 0.335 e. The van der Waals surface area contributed by atoms with Crippen LogP contribution < -0.4 is 0 Å². The zero-order chi connectivity index (χ0) is 14.8. The third kappa shape index (κ3) is 4.18. The van der Waals surface area contributed by atoms with E-state index >= 15 is 0 Å². The number of carbonyl (C=O) groups is 1. The van der Waals surface area contributed by atoms with Crippen LogP contribution in [0.1, 0.15) is 42.3 Å². The molecule has 1 rings (SSSR count). The second-order valence-corrected chi connectivity index (χ2v) is 11.4. The molecule has 19 heavy (non-hydrogen) atoms. The Kier molecular flexibility index (Phi) is 4.58. The molecule has 1 aromatic rings. The van der Waals surface area contributed by atoms with Crippen molar-refractivity contribution in [3.05, 3.63) is 34.9 Å². The summed E-state index contributed by atoms with van der Waals surface area (Å²) in [5.41, 5.74) is 2.21. The molecule has 0 fully saturated rings. The summed E-state index contributed by atoms with van der Waals surface area (Å²) in [6.45, 7) is 13.4. The molecule has 4 heteroatoms. The van der Waals surface area contributed by atoms with E-state index in [1.807, 2.05) is 13.0 Å². The Bertz CT molecular complexity index is 473. The molecule has 0 atom stereocenters. The SMILES string of the molecule is Cc1cc(CO[Si](C)(C)C(C)(C)C)cc(C(=O)O)c1. The molecule has 0 aliphatic heterocycles. The molecule has 3 nitrogen and oxygen atoms in total. The molecule has 0 unspecified atom stereocenters. The third-order valence-corrected chi connectivity index (χ3v) is 8.27. The van der Waals surface area contributed by atoms with Gasteiger partial charge in [-0.15, -0.1) is 0 Å². The maximum atomic E-state index is 11.0. The molecule has 0 saturated carbocycles. The van der Waals surface area contributed by atoms with Gasteiger partial charge in [-0.2, -0.15) is 0 Å². The average Bonchev–Trinajstić information content (AvgIpc) is 2.24. The molecule has 0 aliphatic rings. The molecule has 1 aromatic carbocycles. The van der Waals surface area contributed by atoms with E-state index in [4.69, 9.17) is 9.53 Å². The fourth-order valence-corrected chi connectivity index (χ4v) is 2.51. The summed E-state index contributed by atoms with van der Waals surface area (Å²) in [7, 11) is -1.80. The van der Waals surface area contributed by atoms with E-state index in [0.29, 0.717) is 12.2 Å². The smallest absolute Gasteiger partial charge is 0.335 e. The first-order valence-electron chi connectivity index (χ1n) is 6.51. The van der Waals surface area contributed by atoms with Gasteiger partial charge in [0.2, 0.25) is 0 Å². The topological polar surface area (TPSA) is 46.5 Å². The van der Waals surface area contributed by atoms with Crippen LogP contribution in [0.5, 0.6) is 0 Å². The summed E-state index contributed by atoms with van der Waals surface area (Å²) in [5.74, 6) is -0.891. The largest absolute Gasteiger partial charge is 0.478 e. The second-order valence-electron chi connectivity index (χ2n) is 6.56. The normalized spacial score (nSPS) is 12.5. The Morgan fingerprint density at radius 2 is 1.84 bits per heavy atom. The highest BCUT2D eigenvalue weighted by molar-refractivity contribution is 6.74. The number of benzene rings is 1. The van der Waals surface area contributed by atoms with Gasteiger partial charge in [-0.05, 0) is 48.3 Å². The third-order valence-electron chi connectivity index (χ3n) is 3.79. The lowest BCUT2D eigenvalue weighted by Crippen LogP contribution is -2.40. The van der Waals surface area contributed by atoms with E-state index in [0.717, 1.165) is 11.1 Å². The van der Waals surface area contributed by atoms with Crippen LogP contribution in [0.15, 0.2) is 18.2 Å². The Labute approximate surface area is 116 Å². The molecule has 0 aromatic heterocycles. The van der Waals surface area contributed by atoms with Gasteiger partial charge in [0, 0.05) is 0 Å². The summed E-state index contributed by atoms with van der Waals surface area (Å²) < 4.78 is 6.12. The van der Waals surface area contributed by atoms with Crippen molar-refractivity contribution in [2.45, 2.75) is 52.4 Å². The average molecular weight is 280 g/mol. The van der Waals surface area contributed by atoms with Crippen LogP contribution in [0, 0.1) is 6.92 Å². The summed E-state index contributed by atoms with van der Waals surface area (Å²) in [6.07, 6.45) is 0. The summed E-state index contributed by atoms with van der Waals surface area (Å²) in [6, 6.07) is 5.36. The fraction of sp³-hybridized carbons (Fsp3) is 0.533. The highest BCUT2D eigenvalue weighted by atomic mass is 28.4. The van der Waals surface area contributed by atoms with Crippen molar-refractivity contribution in [1.82, 2.24) is 0 Å². The number of hydrogen-bond acceptors (Lipinski definition) is 2. The van der Waals surface area contributed by atoms with E-state index in [2.05, 4.69) is 33.9 Å². The Balaban J connectivity index is 2.87. The van der Waals surface area contributed by atoms with Crippen LogP contribution >= 0.6 is 0 Å². The molecule has 0 radical (unpaired) electrons. The number of rotatable bonds is 4. The first-order chi connectivity index (χ1) is 8.53. The van der Waals surface area contributed by atoms with Crippen molar-refractivity contribution >= 4 is 14.3 Å². The van der Waals surface area contributed by atoms with Crippen molar-refractivity contribution in [3.8, 4) is 0 Å². The Hall–Kier alpha value is -1.13. The molecular weight excluding hydrogens is 256 g/mol. The van der Waals surface area contributed by atoms with Crippen LogP contribution in [0.4, 0.5) is 0 Å². The number of aromatic carboxylic acids is 1. The Morgan fingerprint density at radius 3 is 2.32 bits per heavy atom. The highest BCUT2D eigenvalue weighted by Crippen LogP contribution is 2.37. The lowest BCUT2D eigenvalue weighted by molar-refractivity contribution is 0.0696. The van der Waals surface area contributed by atoms with Crippen LogP contribution in [-0.2, 0) is 11.0 Å². The van der Waals surface area contributed by atoms with Crippen molar-refractivity contribution in [3.63, 3.8) is 0 Å². The number of carboxylic acid groups (broad SMARTS) is 1. The second kappa shape index (κ2) is 5.47. The summed E-state index contributed by atoms with van der Waals surface area (Å²) >= 11 is 0. The van der Waals surface area contributed by atoms with E-state index in [9.17, 15) is 4.79 Å². The lowest BCUT2D eigenvalue weighted by Gasteiger charge is -2.36. The number of aryl methyl sites for hydroxylation is 1. The van der Waals surface area contributed by atoms with E-state index in [1.54, 1.807) is 12.1 Å². The highest BCUT2D eigenvalue weighted by Gasteiger charge is 2.37. The molecule has 1 N–H and O–H groups in total. The van der Waals surface area contributed by atoms with Gasteiger partial charge >= 0.3 is 5.97 Å². The zero-order valence-corrected chi connectivity index (χ0v) is 13.7. The van der Waals surface area contributed by atoms with Crippen molar-refractivity contribution in [1.29, 1.82) is 0 Å². The van der Waals surface area contributed by atoms with Gasteiger partial charge < -0.3 is 9.53 Å². The van der Waals surface area contributed by atoms with Gasteiger partial charge in [-0.25, -0.2) is 4.79 Å². The van der Waals surface area contributed by atoms with E-state index < -0.39 is 14.3 Å². The predicted molar refractivity (Wildman–Crippen MR) is 80.1 cm³/mol. The minimum Gasteiger partial charge on any atom is -0.478 e. The predicted octanol–water partition coefficient (Wildman–Crippen LogP) is 4.22. The van der Waals surface area contributed by atoms with Gasteiger partial charge in [-0.1, -0.05) is 26.8 Å². The van der Waals surface area contributed by atoms with Crippen molar-refractivity contribution in [2.24, 2.45) is 0 Å². The molecular formula is C15H24O3Si. The molecule has 0 amide bonds. The van der Waals surface area contributed by atoms with Crippen LogP contribution in [-0.4, -0.2) is 19.4 Å². The van der Waals surface area contributed by atoms with Gasteiger partial charge in [-0.3, -0.25) is 0 Å². The standard InChI is InChI=1S/C15H24O3Si/c1-11-7-12(9-13(8-11)14(16)17)10-18-19(5,6)15(2,3)4/h7-9H,10H2,1-6H3,(H,16,17). The van der Waals surface area contributed by atoms with Gasteiger partial charge in [0.1, 0.15) is 0 Å². The minimum atomic E-state index is -1.80. The molecule has 0 spiro atoms. The van der Waals surface area contributed by atoms with Crippen LogP contribution in [0.2, 0.25) is 18.1 Å². The van der Waals surface area contributed by atoms with Crippen molar-refractivity contribution in [2.75, 3.05) is 0 Å². The molecule has 106 valence electrons. The fourth-order valence-electron chi connectivity index (χ4n) is 1.55. The first-order valence-corrected chi connectivity index (χ1v) is 9.41. The van der Waals surface area contributed by atoms with Gasteiger partial charge in [0.25, 0.3) is 0 Å². The molecule has 0 bridgehead atoms. The monoisotopic (exact) mass is 280 g/mol.